The molecule has 0 saturated carbocycles. The minimum atomic E-state index is -1.17. The van der Waals surface area contributed by atoms with Crippen molar-refractivity contribution < 1.29 is 13.5 Å². The summed E-state index contributed by atoms with van der Waals surface area (Å²) >= 11 is 0. The number of ether oxygens (including phenoxy) is 1. The van der Waals surface area contributed by atoms with Crippen molar-refractivity contribution in [1.29, 1.82) is 0 Å². The maximum atomic E-state index is 14.6. The van der Waals surface area contributed by atoms with E-state index >= 15 is 0 Å². The van der Waals surface area contributed by atoms with Crippen molar-refractivity contribution in [1.82, 2.24) is 0 Å². The van der Waals surface area contributed by atoms with Crippen LogP contribution in [0.25, 0.3) is 0 Å². The van der Waals surface area contributed by atoms with Crippen LogP contribution in [0.2, 0.25) is 0 Å². The van der Waals surface area contributed by atoms with Gasteiger partial charge in [0.15, 0.2) is 11.6 Å². The zero-order chi connectivity index (χ0) is 16.2. The van der Waals surface area contributed by atoms with Gasteiger partial charge in [0, 0.05) is 5.30 Å². The quantitative estimate of drug-likeness (QED) is 0.663. The largest absolute Gasteiger partial charge is 0.494 e. The summed E-state index contributed by atoms with van der Waals surface area (Å²) in [5.74, 6) is -1.87. The molecule has 0 atom stereocenters. The van der Waals surface area contributed by atoms with Gasteiger partial charge >= 0.3 is 0 Å². The number of hydrogen-bond acceptors (Lipinski definition) is 1. The first-order valence-electron chi connectivity index (χ1n) is 7.14. The van der Waals surface area contributed by atoms with Gasteiger partial charge in [-0.2, -0.15) is 4.39 Å². The molecule has 1 nitrogen and oxygen atoms in total. The molecule has 0 bridgehead atoms. The van der Waals surface area contributed by atoms with Crippen LogP contribution in [0.1, 0.15) is 0 Å². The van der Waals surface area contributed by atoms with Crippen LogP contribution in [0.3, 0.4) is 0 Å². The predicted octanol–water partition coefficient (Wildman–Crippen LogP) is 3.73. The first-order chi connectivity index (χ1) is 11.2. The lowest BCUT2D eigenvalue weighted by molar-refractivity contribution is 0.373. The molecule has 3 aromatic rings. The van der Waals surface area contributed by atoms with E-state index < -0.39 is 19.6 Å². The first-order valence-corrected chi connectivity index (χ1v) is 8.48. The number of methoxy groups -OCH3 is 1. The van der Waals surface area contributed by atoms with Crippen LogP contribution in [-0.2, 0) is 0 Å². The Morgan fingerprint density at radius 1 is 0.696 bits per heavy atom. The molecule has 0 radical (unpaired) electrons. The Kier molecular flexibility index (Phi) is 4.68. The van der Waals surface area contributed by atoms with Gasteiger partial charge in [0.1, 0.15) is 0 Å². The number of benzene rings is 3. The van der Waals surface area contributed by atoms with Crippen molar-refractivity contribution >= 4 is 23.8 Å². The van der Waals surface area contributed by atoms with E-state index in [0.717, 1.165) is 10.6 Å². The Labute approximate surface area is 135 Å². The normalized spacial score (nSPS) is 10.8. The molecule has 23 heavy (non-hydrogen) atoms. The smallest absolute Gasteiger partial charge is 0.201 e. The fraction of sp³-hybridized carbons (Fsp3) is 0.0526. The number of hydrogen-bond donors (Lipinski definition) is 0. The Bertz CT molecular complexity index is 752. The zero-order valence-electron chi connectivity index (χ0n) is 12.5. The zero-order valence-corrected chi connectivity index (χ0v) is 13.4. The highest BCUT2D eigenvalue weighted by Gasteiger charge is 2.23. The molecule has 0 aliphatic rings. The van der Waals surface area contributed by atoms with E-state index in [1.165, 1.54) is 13.2 Å². The maximum Gasteiger partial charge on any atom is 0.201 e. The third-order valence-corrected chi connectivity index (χ3v) is 5.97. The molecule has 0 N–H and O–H groups in total. The van der Waals surface area contributed by atoms with Crippen LogP contribution in [-0.4, -0.2) is 7.11 Å². The van der Waals surface area contributed by atoms with Crippen molar-refractivity contribution in [3.8, 4) is 5.75 Å². The maximum absolute atomic E-state index is 14.6. The van der Waals surface area contributed by atoms with Crippen LogP contribution in [0.4, 0.5) is 8.78 Å². The average molecular weight is 328 g/mol. The van der Waals surface area contributed by atoms with Gasteiger partial charge in [-0.25, -0.2) is 4.39 Å². The van der Waals surface area contributed by atoms with Gasteiger partial charge in [0.2, 0.25) is 5.82 Å². The molecule has 4 heteroatoms. The molecule has 0 aromatic heterocycles. The second-order valence-corrected chi connectivity index (χ2v) is 7.11. The van der Waals surface area contributed by atoms with Crippen molar-refractivity contribution in [2.75, 3.05) is 7.11 Å². The Morgan fingerprint density at radius 3 is 1.70 bits per heavy atom. The van der Waals surface area contributed by atoms with Crippen LogP contribution in [0.5, 0.6) is 5.75 Å². The lowest BCUT2D eigenvalue weighted by atomic mass is 10.3. The summed E-state index contributed by atoms with van der Waals surface area (Å²) in [6.07, 6.45) is 0. The summed E-state index contributed by atoms with van der Waals surface area (Å²) in [6.45, 7) is 0. The van der Waals surface area contributed by atoms with Gasteiger partial charge in [-0.15, -0.1) is 0 Å². The molecule has 3 rings (SSSR count). The van der Waals surface area contributed by atoms with Gasteiger partial charge in [0.05, 0.1) is 7.11 Å². The van der Waals surface area contributed by atoms with Crippen molar-refractivity contribution in [2.45, 2.75) is 0 Å². The van der Waals surface area contributed by atoms with Crippen LogP contribution in [0.15, 0.2) is 72.8 Å². The highest BCUT2D eigenvalue weighted by molar-refractivity contribution is 7.79. The summed E-state index contributed by atoms with van der Waals surface area (Å²) in [7, 11) is 0.157. The van der Waals surface area contributed by atoms with Crippen LogP contribution in [0, 0.1) is 11.6 Å². The molecule has 3 aromatic carbocycles. The fourth-order valence-electron chi connectivity index (χ4n) is 2.43. The van der Waals surface area contributed by atoms with Crippen molar-refractivity contribution in [3.05, 3.63) is 84.4 Å². The summed E-state index contributed by atoms with van der Waals surface area (Å²) in [5, 5.41) is 2.30. The van der Waals surface area contributed by atoms with E-state index in [4.69, 9.17) is 4.74 Å². The molecule has 0 saturated heterocycles. The van der Waals surface area contributed by atoms with E-state index in [0.29, 0.717) is 5.30 Å². The van der Waals surface area contributed by atoms with E-state index in [1.807, 2.05) is 60.7 Å². The summed E-state index contributed by atoms with van der Waals surface area (Å²) < 4.78 is 33.7. The predicted molar refractivity (Wildman–Crippen MR) is 91.6 cm³/mol. The lowest BCUT2D eigenvalue weighted by Gasteiger charge is -2.20. The molecule has 0 spiro atoms. The monoisotopic (exact) mass is 328 g/mol. The Balaban J connectivity index is 2.19. The summed E-state index contributed by atoms with van der Waals surface area (Å²) in [5.41, 5.74) is 0. The van der Waals surface area contributed by atoms with Crippen LogP contribution >= 0.6 is 7.92 Å². The molecule has 116 valence electrons. The minimum Gasteiger partial charge on any atom is -0.494 e. The minimum absolute atomic E-state index is 0.0812. The summed E-state index contributed by atoms with van der Waals surface area (Å²) in [6, 6.07) is 22.3. The second-order valence-electron chi connectivity index (χ2n) is 4.92. The van der Waals surface area contributed by atoms with Gasteiger partial charge in [-0.3, -0.25) is 0 Å². The Hall–Kier alpha value is -2.25. The van der Waals surface area contributed by atoms with Gasteiger partial charge < -0.3 is 4.74 Å². The molecule has 0 aliphatic carbocycles. The van der Waals surface area contributed by atoms with Crippen molar-refractivity contribution in [2.24, 2.45) is 0 Å². The second kappa shape index (κ2) is 6.89. The summed E-state index contributed by atoms with van der Waals surface area (Å²) in [4.78, 5) is 0. The standard InChI is InChI=1S/C19H15F2OP/c1-22-16-12-13-17(19(21)18(16)20)23(14-8-4-2-5-9-14)15-10-6-3-7-11-15/h2-13H,1H3. The van der Waals surface area contributed by atoms with E-state index in [9.17, 15) is 8.78 Å². The topological polar surface area (TPSA) is 9.23 Å². The highest BCUT2D eigenvalue weighted by atomic mass is 31.1. The van der Waals surface area contributed by atoms with Gasteiger partial charge in [-0.1, -0.05) is 60.7 Å². The lowest BCUT2D eigenvalue weighted by Crippen LogP contribution is -2.23. The molecule has 0 heterocycles. The molecule has 0 amide bonds. The van der Waals surface area contributed by atoms with Gasteiger partial charge in [-0.05, 0) is 30.7 Å². The van der Waals surface area contributed by atoms with Crippen molar-refractivity contribution in [3.63, 3.8) is 0 Å². The van der Waals surface area contributed by atoms with Crippen LogP contribution < -0.4 is 20.7 Å². The fourth-order valence-corrected chi connectivity index (χ4v) is 4.75. The number of halogens is 2. The third-order valence-electron chi connectivity index (χ3n) is 3.52. The molecule has 0 unspecified atom stereocenters. The average Bonchev–Trinajstić information content (AvgIpc) is 2.61. The van der Waals surface area contributed by atoms with Gasteiger partial charge in [0.25, 0.3) is 0 Å². The molecular formula is C19H15F2OP. The Morgan fingerprint density at radius 2 is 1.22 bits per heavy atom. The SMILES string of the molecule is COc1ccc(P(c2ccccc2)c2ccccc2)c(F)c1F. The molecule has 0 fully saturated rings. The highest BCUT2D eigenvalue weighted by Crippen LogP contribution is 2.35. The van der Waals surface area contributed by atoms with E-state index in [2.05, 4.69) is 0 Å². The number of rotatable bonds is 4. The van der Waals surface area contributed by atoms with E-state index in [-0.39, 0.29) is 5.75 Å². The van der Waals surface area contributed by atoms with E-state index in [1.54, 1.807) is 6.07 Å². The molecule has 0 aliphatic heterocycles. The third kappa shape index (κ3) is 3.11. The molecular weight excluding hydrogens is 313 g/mol. The first kappa shape index (κ1) is 15.6.